The van der Waals surface area contributed by atoms with Crippen LogP contribution in [-0.2, 0) is 89.3 Å². The van der Waals surface area contributed by atoms with Gasteiger partial charge in [0, 0.05) is 80.5 Å². The highest BCUT2D eigenvalue weighted by molar-refractivity contribution is 7.53. The molecule has 4 heterocycles. The quantitative estimate of drug-likeness (QED) is 0.00678. The second-order valence-electron chi connectivity index (χ2n) is 34.6. The van der Waals surface area contributed by atoms with Gasteiger partial charge >= 0.3 is 31.7 Å². The number of fused-ring (bicyclic) bond motifs is 1. The lowest BCUT2D eigenvalue weighted by Crippen LogP contribution is -2.57. The molecule has 4 atom stereocenters. The molecular formula is C96H121ClFN13O19PS+. The van der Waals surface area contributed by atoms with E-state index in [-0.39, 0.29) is 90.3 Å². The maximum atomic E-state index is 14.9. The summed E-state index contributed by atoms with van der Waals surface area (Å²) in [6.07, 6.45) is 0.366. The number of amides is 7. The number of anilines is 1. The van der Waals surface area contributed by atoms with Crippen LogP contribution in [0.5, 0.6) is 28.9 Å². The zero-order valence-corrected chi connectivity index (χ0v) is 79.9. The van der Waals surface area contributed by atoms with E-state index in [1.165, 1.54) is 34.7 Å². The third-order valence-electron chi connectivity index (χ3n) is 21.6. The summed E-state index contributed by atoms with van der Waals surface area (Å²) in [5.41, 5.74) is 10.4. The highest BCUT2D eigenvalue weighted by atomic mass is 35.5. The number of nitrogens with two attached hydrogens (primary N) is 1. The minimum Gasteiger partial charge on any atom is -0.497 e. The number of nitrogens with zero attached hydrogens (tertiary/aromatic N) is 7. The number of hydrogen-bond donors (Lipinski definition) is 6. The largest absolute Gasteiger partial charge is 0.497 e. The van der Waals surface area contributed by atoms with Crippen molar-refractivity contribution in [2.45, 2.75) is 176 Å². The van der Waals surface area contributed by atoms with E-state index in [1.807, 2.05) is 61.5 Å². The van der Waals surface area contributed by atoms with Gasteiger partial charge < -0.3 is 88.6 Å². The third-order valence-corrected chi connectivity index (χ3v) is 25.4. The van der Waals surface area contributed by atoms with Gasteiger partial charge in [0.05, 0.1) is 81.8 Å². The lowest BCUT2D eigenvalue weighted by molar-refractivity contribution is -0.926. The summed E-state index contributed by atoms with van der Waals surface area (Å²) in [4.78, 5) is 134. The van der Waals surface area contributed by atoms with E-state index in [1.54, 1.807) is 163 Å². The Bertz CT molecular complexity index is 5530. The van der Waals surface area contributed by atoms with Crippen molar-refractivity contribution in [2.24, 2.45) is 11.7 Å². The molecule has 1 fully saturated rings. The van der Waals surface area contributed by atoms with Crippen LogP contribution >= 0.6 is 30.5 Å². The minimum absolute atomic E-state index is 0.0242. The number of hydrogen-bond acceptors (Lipinski definition) is 25. The summed E-state index contributed by atoms with van der Waals surface area (Å²) >= 11 is 8.78. The molecule has 1 aliphatic rings. The molecule has 132 heavy (non-hydrogen) atoms. The number of ether oxygens (including phenoxy) is 8. The van der Waals surface area contributed by atoms with Crippen molar-refractivity contribution in [1.82, 2.24) is 51.0 Å². The number of thiophene rings is 1. The Morgan fingerprint density at radius 1 is 0.727 bits per heavy atom. The van der Waals surface area contributed by atoms with Gasteiger partial charge in [-0.1, -0.05) is 92.2 Å². The number of para-hydroxylation sites is 2. The molecule has 0 radical (unpaired) electrons. The normalized spacial score (nSPS) is 13.7. The number of rotatable bonds is 45. The monoisotopic (exact) mass is 1880 g/mol. The first kappa shape index (κ1) is 102. The van der Waals surface area contributed by atoms with Crippen LogP contribution in [-0.4, -0.2) is 211 Å². The van der Waals surface area contributed by atoms with Crippen molar-refractivity contribution in [1.29, 1.82) is 0 Å². The van der Waals surface area contributed by atoms with E-state index in [2.05, 4.69) is 43.5 Å². The van der Waals surface area contributed by atoms with Gasteiger partial charge in [0.15, 0.2) is 5.82 Å². The zero-order valence-electron chi connectivity index (χ0n) is 77.5. The predicted molar refractivity (Wildman–Crippen MR) is 501 cm³/mol. The Labute approximate surface area is 778 Å². The molecule has 0 bridgehead atoms. The van der Waals surface area contributed by atoms with Gasteiger partial charge in [-0.2, -0.15) is 0 Å². The summed E-state index contributed by atoms with van der Waals surface area (Å²) in [5.74, 6) is -2.28. The first-order valence-electron chi connectivity index (χ1n) is 43.9. The van der Waals surface area contributed by atoms with Crippen molar-refractivity contribution >= 4 is 94.1 Å². The topological polar surface area (TPSA) is 390 Å². The lowest BCUT2D eigenvalue weighted by Gasteiger charge is -2.42. The SMILES string of the molecule is CCOP(=O)(CCCC(=O)N[C@@H](CC(=O)N(C)Cc1cc(NC(=O)[C@H](CCCNC(N)=O)NC(=O)[C@@H](NC(=O)OC(C)(C)C)C(C)C)ccc1C[N+]1(C)CCN(CCOc2ccc(-c3c(-c4ccc(F)cc4)sc4ncnc(O[C@H](Cc5ccccc5OCc5ccnc(-c6ccccc6OC)n5)C(=O)OCc5ccc(OC)cc5)c34)c(C)c2Cl)CC1)C(=O)OC(C)(C)C)OCC. The Morgan fingerprint density at radius 2 is 1.42 bits per heavy atom. The third kappa shape index (κ3) is 29.8. The number of aromatic nitrogens is 4. The van der Waals surface area contributed by atoms with Gasteiger partial charge in [-0.3, -0.25) is 28.6 Å². The average Bonchev–Trinajstić information content (AvgIpc) is 1.59. The van der Waals surface area contributed by atoms with Gasteiger partial charge in [-0.05, 0) is 188 Å². The molecule has 1 aliphatic heterocycles. The number of benzene rings is 6. The number of carbonyl (C=O) groups is 8. The van der Waals surface area contributed by atoms with Gasteiger partial charge in [0.25, 0.3) is 0 Å². The zero-order chi connectivity index (χ0) is 95.6. The second kappa shape index (κ2) is 47.4. The van der Waals surface area contributed by atoms with Gasteiger partial charge in [-0.25, -0.2) is 43.5 Å². The molecular weight excluding hydrogens is 1760 g/mol. The summed E-state index contributed by atoms with van der Waals surface area (Å²) in [7, 11) is 3.33. The van der Waals surface area contributed by atoms with Crippen molar-refractivity contribution in [2.75, 3.05) is 98.9 Å². The summed E-state index contributed by atoms with van der Waals surface area (Å²) < 4.78 is 87.8. The molecule has 3 aromatic heterocycles. The standard InChI is InChI=1S/C96H120ClFN13O19PS/c1-16-126-131(120,127-17-2)51-23-29-79(112)106-74(91(116)129-95(6,7)8)54-80(113)109(12)55-66-52-68(105-87(114)73(26-22-43-101-93(99)118)107-88(115)84(60(3)4)108-94(119)130-96(9,10)11)37-34-65(66)56-111(13)48-45-110(46-49-111)47-50-123-77-41-40-71(61(5)83(77)97)81-82-89(102-59-103-90(82)132-85(81)63-32-35-67(98)36-33-63)128-78(92(117)125-57-62-30-38-70(121-14)39-31-62)53-64-24-18-20-27-75(64)124-58-69-42-44-100-86(104-69)72-25-19-21-28-76(72)122-15/h18-21,24-25,27-28,30-42,44,52,59-60,73-74,78,84H,16-17,22-23,26,29,43,45-51,53-58H2,1-15H3,(H6-,99,101,105,106,107,108,112,114,115,118,119)/p+1/t73-,74-,78+,84-/m0/s1. The van der Waals surface area contributed by atoms with E-state index in [0.29, 0.717) is 149 Å². The fraction of sp³-hybridized carbons (Fsp3) is 0.438. The van der Waals surface area contributed by atoms with Crippen molar-refractivity contribution in [3.8, 4) is 61.8 Å². The predicted octanol–water partition coefficient (Wildman–Crippen LogP) is 14.9. The van der Waals surface area contributed by atoms with E-state index < -0.39 is 109 Å². The number of quaternary nitrogens is 1. The maximum Gasteiger partial charge on any atom is 0.408 e. The van der Waals surface area contributed by atoms with E-state index in [9.17, 15) is 47.3 Å². The molecule has 0 spiro atoms. The second-order valence-corrected chi connectivity index (χ2v) is 38.2. The van der Waals surface area contributed by atoms with E-state index in [4.69, 9.17) is 79.2 Å². The van der Waals surface area contributed by atoms with Crippen LogP contribution in [0.2, 0.25) is 5.02 Å². The van der Waals surface area contributed by atoms with Crippen LogP contribution in [0.4, 0.5) is 19.7 Å². The molecule has 7 amide bonds. The Hall–Kier alpha value is -11.9. The van der Waals surface area contributed by atoms with Crippen LogP contribution in [0, 0.1) is 18.7 Å². The van der Waals surface area contributed by atoms with Crippen molar-refractivity contribution < 1.29 is 98.7 Å². The number of urea groups is 1. The van der Waals surface area contributed by atoms with Crippen LogP contribution in [0.1, 0.15) is 135 Å². The fourth-order valence-corrected chi connectivity index (χ4v) is 17.8. The average molecular weight is 1880 g/mol. The van der Waals surface area contributed by atoms with Crippen LogP contribution in [0.25, 0.3) is 43.2 Å². The molecule has 36 heteroatoms. The number of methoxy groups -OCH3 is 2. The Kier molecular flexibility index (Phi) is 36.7. The fourth-order valence-electron chi connectivity index (χ4n) is 14.8. The van der Waals surface area contributed by atoms with Gasteiger partial charge in [0.2, 0.25) is 35.6 Å². The first-order valence-corrected chi connectivity index (χ1v) is 46.8. The molecule has 0 aliphatic carbocycles. The number of nitrogens with one attached hydrogen (secondary N) is 5. The molecule has 10 rings (SSSR count). The minimum atomic E-state index is -3.50. The van der Waals surface area contributed by atoms with Crippen LogP contribution < -0.4 is 56.0 Å². The highest BCUT2D eigenvalue weighted by Gasteiger charge is 2.37. The molecule has 6 aromatic carbocycles. The van der Waals surface area contributed by atoms with Crippen molar-refractivity contribution in [3.63, 3.8) is 0 Å². The molecule has 32 nitrogen and oxygen atoms in total. The first-order chi connectivity index (χ1) is 62.8. The number of halogens is 2. The highest BCUT2D eigenvalue weighted by Crippen LogP contribution is 2.51. The smallest absolute Gasteiger partial charge is 0.408 e. The maximum absolute atomic E-state index is 14.9. The summed E-state index contributed by atoms with van der Waals surface area (Å²) in [6, 6.07) is 34.2. The number of esters is 2. The van der Waals surface area contributed by atoms with Crippen LogP contribution in [0.3, 0.4) is 0 Å². The summed E-state index contributed by atoms with van der Waals surface area (Å²) in [6.45, 7) is 22.7. The van der Waals surface area contributed by atoms with Crippen molar-refractivity contribution in [3.05, 3.63) is 190 Å². The molecule has 708 valence electrons. The number of primary amides is 1. The summed E-state index contributed by atoms with van der Waals surface area (Å²) in [5, 5.41) is 14.4. The molecule has 7 N–H and O–H groups in total. The van der Waals surface area contributed by atoms with Crippen LogP contribution in [0.15, 0.2) is 146 Å². The lowest BCUT2D eigenvalue weighted by atomic mass is 9.96. The van der Waals surface area contributed by atoms with E-state index in [0.717, 1.165) is 5.56 Å². The Morgan fingerprint density at radius 3 is 2.10 bits per heavy atom. The van der Waals surface area contributed by atoms with Gasteiger partial charge in [0.1, 0.15) is 95.7 Å². The van der Waals surface area contributed by atoms with E-state index >= 15 is 0 Å². The molecule has 1 saturated heterocycles. The number of likely N-dealkylation sites (N-methyl/N-ethyl adjacent to an activating group) is 1. The number of carbonyl (C=O) groups excluding carboxylic acids is 8. The number of alkyl carbamates (subject to hydrolysis) is 1. The molecule has 9 aromatic rings. The molecule has 0 saturated carbocycles. The molecule has 0 unspecified atom stereocenters. The Balaban J connectivity index is 0.882. The number of piperazine rings is 1. The van der Waals surface area contributed by atoms with Gasteiger partial charge in [-0.15, -0.1) is 11.3 Å².